The first-order valence-electron chi connectivity index (χ1n) is 5.03. The first kappa shape index (κ1) is 12.2. The molecule has 1 aromatic carbocycles. The third-order valence-electron chi connectivity index (χ3n) is 2.25. The fourth-order valence-corrected chi connectivity index (χ4v) is 1.35. The fraction of sp³-hybridized carbons (Fsp3) is 0.231. The molecule has 0 aliphatic carbocycles. The average molecular weight is 217 g/mol. The fourth-order valence-electron chi connectivity index (χ4n) is 1.35. The van der Waals surface area contributed by atoms with Gasteiger partial charge in [0.1, 0.15) is 5.54 Å². The molecular formula is C13H15NO2. The summed E-state index contributed by atoms with van der Waals surface area (Å²) in [6.07, 6.45) is 3.28. The number of carboxylic acid groups (broad SMARTS) is 1. The van der Waals surface area contributed by atoms with Crippen LogP contribution < -0.4 is 5.73 Å². The maximum Gasteiger partial charge on any atom is 0.328 e. The van der Waals surface area contributed by atoms with Gasteiger partial charge in [0.05, 0.1) is 0 Å². The van der Waals surface area contributed by atoms with E-state index in [1.807, 2.05) is 30.3 Å². The predicted molar refractivity (Wildman–Crippen MR) is 63.0 cm³/mol. The third kappa shape index (κ3) is 3.09. The molecule has 0 aromatic heterocycles. The molecule has 84 valence electrons. The van der Waals surface area contributed by atoms with Crippen LogP contribution in [0, 0.1) is 0 Å². The number of aliphatic carboxylic acids is 1. The van der Waals surface area contributed by atoms with Crippen molar-refractivity contribution in [2.45, 2.75) is 18.9 Å². The van der Waals surface area contributed by atoms with Crippen molar-refractivity contribution in [3.63, 3.8) is 0 Å². The lowest BCUT2D eigenvalue weighted by Crippen LogP contribution is -2.48. The van der Waals surface area contributed by atoms with Gasteiger partial charge in [-0.25, -0.2) is 4.79 Å². The monoisotopic (exact) mass is 217 g/mol. The summed E-state index contributed by atoms with van der Waals surface area (Å²) in [5, 5.41) is 9.11. The summed E-state index contributed by atoms with van der Waals surface area (Å²) >= 11 is 0. The van der Waals surface area contributed by atoms with Crippen molar-refractivity contribution in [3.05, 3.63) is 53.8 Å². The predicted octanol–water partition coefficient (Wildman–Crippen LogP) is 1.74. The second-order valence-corrected chi connectivity index (χ2v) is 3.61. The van der Waals surface area contributed by atoms with Gasteiger partial charge < -0.3 is 10.8 Å². The van der Waals surface area contributed by atoms with E-state index in [4.69, 9.17) is 10.8 Å². The van der Waals surface area contributed by atoms with Crippen LogP contribution in [0.4, 0.5) is 0 Å². The lowest BCUT2D eigenvalue weighted by Gasteiger charge is -2.19. The van der Waals surface area contributed by atoms with Gasteiger partial charge >= 0.3 is 5.97 Å². The summed E-state index contributed by atoms with van der Waals surface area (Å²) in [6, 6.07) is 9.31. The molecule has 0 saturated heterocycles. The Kier molecular flexibility index (Phi) is 4.06. The van der Waals surface area contributed by atoms with Gasteiger partial charge in [-0.05, 0) is 24.6 Å². The van der Waals surface area contributed by atoms with Crippen LogP contribution in [0.5, 0.6) is 0 Å². The molecule has 3 nitrogen and oxygen atoms in total. The first-order chi connectivity index (χ1) is 7.58. The number of carboxylic acids is 1. The van der Waals surface area contributed by atoms with Crippen molar-refractivity contribution in [2.75, 3.05) is 0 Å². The van der Waals surface area contributed by atoms with Gasteiger partial charge in [0, 0.05) is 6.42 Å². The molecule has 1 unspecified atom stereocenters. The second kappa shape index (κ2) is 5.31. The molecule has 0 spiro atoms. The number of hydrogen-bond donors (Lipinski definition) is 2. The van der Waals surface area contributed by atoms with E-state index in [-0.39, 0.29) is 6.42 Å². The van der Waals surface area contributed by atoms with Crippen LogP contribution in [0.3, 0.4) is 0 Å². The molecule has 1 aromatic rings. The van der Waals surface area contributed by atoms with Gasteiger partial charge in [0.15, 0.2) is 0 Å². The van der Waals surface area contributed by atoms with E-state index in [0.717, 1.165) is 5.56 Å². The van der Waals surface area contributed by atoms with Crippen LogP contribution in [0.1, 0.15) is 12.5 Å². The third-order valence-corrected chi connectivity index (χ3v) is 2.25. The highest BCUT2D eigenvalue weighted by atomic mass is 16.4. The average Bonchev–Trinajstić information content (AvgIpc) is 2.27. The Morgan fingerprint density at radius 1 is 1.50 bits per heavy atom. The van der Waals surface area contributed by atoms with Gasteiger partial charge in [-0.15, -0.1) is 5.73 Å². The highest BCUT2D eigenvalue weighted by molar-refractivity contribution is 5.81. The molecule has 0 heterocycles. The Morgan fingerprint density at radius 2 is 2.12 bits per heavy atom. The molecule has 0 bridgehead atoms. The summed E-state index contributed by atoms with van der Waals surface area (Å²) in [5.74, 6) is -1.05. The summed E-state index contributed by atoms with van der Waals surface area (Å²) < 4.78 is 0. The molecule has 0 fully saturated rings. The zero-order valence-electron chi connectivity index (χ0n) is 9.18. The Morgan fingerprint density at radius 3 is 2.62 bits per heavy atom. The second-order valence-electron chi connectivity index (χ2n) is 3.61. The number of benzene rings is 1. The molecule has 3 N–H and O–H groups in total. The van der Waals surface area contributed by atoms with Crippen molar-refractivity contribution in [3.8, 4) is 0 Å². The van der Waals surface area contributed by atoms with Crippen molar-refractivity contribution in [2.24, 2.45) is 5.73 Å². The molecule has 0 aliphatic rings. The van der Waals surface area contributed by atoms with Gasteiger partial charge in [-0.3, -0.25) is 0 Å². The lowest BCUT2D eigenvalue weighted by atomic mass is 9.92. The molecule has 0 radical (unpaired) electrons. The zero-order valence-corrected chi connectivity index (χ0v) is 9.18. The Bertz CT molecular complexity index is 419. The summed E-state index contributed by atoms with van der Waals surface area (Å²) in [6.45, 7) is 1.77. The number of nitrogens with two attached hydrogens (primary N) is 1. The molecule has 1 atom stereocenters. The molecule has 0 aliphatic heterocycles. The molecular weight excluding hydrogens is 202 g/mol. The topological polar surface area (TPSA) is 63.3 Å². The Labute approximate surface area is 94.9 Å². The zero-order chi connectivity index (χ0) is 12.0. The van der Waals surface area contributed by atoms with E-state index < -0.39 is 11.5 Å². The molecule has 0 amide bonds. The summed E-state index contributed by atoms with van der Waals surface area (Å²) in [4.78, 5) is 11.1. The Balaban J connectivity index is 2.97. The number of hydrogen-bond acceptors (Lipinski definition) is 2. The van der Waals surface area contributed by atoms with E-state index in [1.54, 1.807) is 13.0 Å². The first-order valence-corrected chi connectivity index (χ1v) is 5.03. The highest BCUT2D eigenvalue weighted by Crippen LogP contribution is 2.12. The van der Waals surface area contributed by atoms with E-state index in [2.05, 4.69) is 5.73 Å². The number of rotatable bonds is 4. The van der Waals surface area contributed by atoms with Crippen LogP contribution in [0.25, 0.3) is 0 Å². The van der Waals surface area contributed by atoms with Crippen LogP contribution in [0.2, 0.25) is 0 Å². The van der Waals surface area contributed by atoms with Crippen molar-refractivity contribution >= 4 is 5.97 Å². The quantitative estimate of drug-likeness (QED) is 0.755. The largest absolute Gasteiger partial charge is 0.480 e. The van der Waals surface area contributed by atoms with Gasteiger partial charge in [0.2, 0.25) is 0 Å². The van der Waals surface area contributed by atoms with Crippen LogP contribution in [-0.4, -0.2) is 16.6 Å². The van der Waals surface area contributed by atoms with Crippen LogP contribution in [-0.2, 0) is 11.2 Å². The lowest BCUT2D eigenvalue weighted by molar-refractivity contribution is -0.141. The Hall–Kier alpha value is -1.83. The van der Waals surface area contributed by atoms with Crippen LogP contribution in [0.15, 0.2) is 48.2 Å². The summed E-state index contributed by atoms with van der Waals surface area (Å²) in [5.41, 5.74) is 8.05. The minimum atomic E-state index is -1.39. The number of carbonyl (C=O) groups is 1. The maximum atomic E-state index is 11.1. The smallest absolute Gasteiger partial charge is 0.328 e. The normalized spacial score (nSPS) is 13.4. The maximum absolute atomic E-state index is 11.1. The van der Waals surface area contributed by atoms with Gasteiger partial charge in [-0.2, -0.15) is 0 Å². The van der Waals surface area contributed by atoms with E-state index >= 15 is 0 Å². The standard InChI is InChI=1S/C13H15NO2/c1-2-3-9-13(14,12(15)16)10-11-7-5-4-6-8-11/h2,4-9H,10,14H2,1H3,(H,15,16). The molecule has 1 rings (SSSR count). The minimum Gasteiger partial charge on any atom is -0.480 e. The van der Waals surface area contributed by atoms with E-state index in [9.17, 15) is 4.79 Å². The van der Waals surface area contributed by atoms with E-state index in [0.29, 0.717) is 0 Å². The minimum absolute atomic E-state index is 0.254. The van der Waals surface area contributed by atoms with Gasteiger partial charge in [0.25, 0.3) is 0 Å². The van der Waals surface area contributed by atoms with E-state index in [1.165, 1.54) is 6.08 Å². The van der Waals surface area contributed by atoms with Crippen molar-refractivity contribution in [1.29, 1.82) is 0 Å². The SMILES string of the molecule is CC=C=CC(N)(Cc1ccccc1)C(=O)O. The molecule has 16 heavy (non-hydrogen) atoms. The van der Waals surface area contributed by atoms with Crippen LogP contribution >= 0.6 is 0 Å². The molecule has 3 heteroatoms. The van der Waals surface area contributed by atoms with Gasteiger partial charge in [-0.1, -0.05) is 30.3 Å². The molecule has 0 saturated carbocycles. The highest BCUT2D eigenvalue weighted by Gasteiger charge is 2.31. The van der Waals surface area contributed by atoms with Crippen molar-refractivity contribution in [1.82, 2.24) is 0 Å². The summed E-state index contributed by atoms with van der Waals surface area (Å²) in [7, 11) is 0. The van der Waals surface area contributed by atoms with Crippen molar-refractivity contribution < 1.29 is 9.90 Å².